The van der Waals surface area contributed by atoms with E-state index in [1.165, 1.54) is 12.8 Å². The Kier molecular flexibility index (Phi) is 4.09. The molecule has 1 saturated carbocycles. The third-order valence-electron chi connectivity index (χ3n) is 3.41. The SMILES string of the molecule is NC(=O)c1ccc(N[C@@H]2CCCC[C@H]2N)c(Cl)c1. The van der Waals surface area contributed by atoms with Crippen molar-refractivity contribution in [3.63, 3.8) is 0 Å². The lowest BCUT2D eigenvalue weighted by Gasteiger charge is -2.30. The molecule has 1 aliphatic rings. The fourth-order valence-electron chi connectivity index (χ4n) is 2.32. The van der Waals surface area contributed by atoms with Crippen LogP contribution in [0.5, 0.6) is 0 Å². The Balaban J connectivity index is 2.11. The number of carbonyl (C=O) groups excluding carboxylic acids is 1. The maximum Gasteiger partial charge on any atom is 0.248 e. The molecular formula is C13H18ClN3O. The average molecular weight is 268 g/mol. The molecule has 1 amide bonds. The van der Waals surface area contributed by atoms with Gasteiger partial charge in [0, 0.05) is 17.6 Å². The molecule has 4 nitrogen and oxygen atoms in total. The van der Waals surface area contributed by atoms with Crippen molar-refractivity contribution in [1.82, 2.24) is 0 Å². The van der Waals surface area contributed by atoms with Crippen molar-refractivity contribution in [2.24, 2.45) is 11.5 Å². The molecule has 98 valence electrons. The molecule has 0 aromatic heterocycles. The molecule has 5 N–H and O–H groups in total. The molecule has 0 radical (unpaired) electrons. The van der Waals surface area contributed by atoms with Crippen LogP contribution in [0.4, 0.5) is 5.69 Å². The summed E-state index contributed by atoms with van der Waals surface area (Å²) < 4.78 is 0. The van der Waals surface area contributed by atoms with E-state index in [2.05, 4.69) is 5.32 Å². The zero-order chi connectivity index (χ0) is 13.1. The number of hydrogen-bond acceptors (Lipinski definition) is 3. The molecule has 1 fully saturated rings. The van der Waals surface area contributed by atoms with Gasteiger partial charge in [-0.05, 0) is 31.0 Å². The molecule has 1 aromatic carbocycles. The van der Waals surface area contributed by atoms with Gasteiger partial charge in [0.25, 0.3) is 0 Å². The zero-order valence-electron chi connectivity index (χ0n) is 10.2. The average Bonchev–Trinajstić information content (AvgIpc) is 2.34. The molecule has 0 heterocycles. The van der Waals surface area contributed by atoms with Crippen LogP contribution in [-0.2, 0) is 0 Å². The summed E-state index contributed by atoms with van der Waals surface area (Å²) in [6.45, 7) is 0. The second-order valence-electron chi connectivity index (χ2n) is 4.76. The van der Waals surface area contributed by atoms with E-state index < -0.39 is 5.91 Å². The highest BCUT2D eigenvalue weighted by Gasteiger charge is 2.22. The van der Waals surface area contributed by atoms with E-state index in [0.29, 0.717) is 10.6 Å². The number of primary amides is 1. The van der Waals surface area contributed by atoms with Gasteiger partial charge < -0.3 is 16.8 Å². The molecule has 2 atom stereocenters. The molecule has 0 unspecified atom stereocenters. The molecule has 18 heavy (non-hydrogen) atoms. The third kappa shape index (κ3) is 2.94. The van der Waals surface area contributed by atoms with E-state index in [1.54, 1.807) is 18.2 Å². The van der Waals surface area contributed by atoms with Crippen molar-refractivity contribution in [1.29, 1.82) is 0 Å². The van der Waals surface area contributed by atoms with Crippen molar-refractivity contribution in [3.05, 3.63) is 28.8 Å². The van der Waals surface area contributed by atoms with Crippen LogP contribution in [-0.4, -0.2) is 18.0 Å². The number of nitrogens with two attached hydrogens (primary N) is 2. The summed E-state index contributed by atoms with van der Waals surface area (Å²) in [4.78, 5) is 11.0. The minimum absolute atomic E-state index is 0.158. The van der Waals surface area contributed by atoms with Crippen molar-refractivity contribution in [3.8, 4) is 0 Å². The number of carbonyl (C=O) groups is 1. The Hall–Kier alpha value is -1.26. The van der Waals surface area contributed by atoms with Crippen LogP contribution in [0.15, 0.2) is 18.2 Å². The molecule has 2 rings (SSSR count). The number of benzene rings is 1. The highest BCUT2D eigenvalue weighted by atomic mass is 35.5. The maximum atomic E-state index is 11.0. The number of anilines is 1. The molecule has 0 spiro atoms. The maximum absolute atomic E-state index is 11.0. The van der Waals surface area contributed by atoms with E-state index in [0.717, 1.165) is 18.5 Å². The van der Waals surface area contributed by atoms with Gasteiger partial charge in [-0.2, -0.15) is 0 Å². The van der Waals surface area contributed by atoms with Crippen LogP contribution in [0.1, 0.15) is 36.0 Å². The lowest BCUT2D eigenvalue weighted by atomic mass is 9.91. The van der Waals surface area contributed by atoms with Gasteiger partial charge in [-0.15, -0.1) is 0 Å². The van der Waals surface area contributed by atoms with E-state index >= 15 is 0 Å². The first-order valence-corrected chi connectivity index (χ1v) is 6.57. The standard InChI is InChI=1S/C13H18ClN3O/c14-9-7-8(13(16)18)5-6-11(9)17-12-4-2-1-3-10(12)15/h5-7,10,12,17H,1-4,15H2,(H2,16,18)/t10-,12-/m1/s1. The Bertz CT molecular complexity index is 450. The molecule has 0 saturated heterocycles. The molecule has 1 aromatic rings. The molecule has 0 bridgehead atoms. The Labute approximate surface area is 112 Å². The van der Waals surface area contributed by atoms with E-state index in [1.807, 2.05) is 0 Å². The second-order valence-corrected chi connectivity index (χ2v) is 5.17. The van der Waals surface area contributed by atoms with E-state index in [9.17, 15) is 4.79 Å². The van der Waals surface area contributed by atoms with Crippen LogP contribution in [0.3, 0.4) is 0 Å². The number of rotatable bonds is 3. The molecule has 5 heteroatoms. The second kappa shape index (κ2) is 5.59. The van der Waals surface area contributed by atoms with Crippen molar-refractivity contribution in [2.45, 2.75) is 37.8 Å². The first kappa shape index (κ1) is 13.2. The summed E-state index contributed by atoms with van der Waals surface area (Å²) in [5.41, 5.74) is 12.5. The topological polar surface area (TPSA) is 81.1 Å². The largest absolute Gasteiger partial charge is 0.380 e. The highest BCUT2D eigenvalue weighted by molar-refractivity contribution is 6.33. The zero-order valence-corrected chi connectivity index (χ0v) is 10.9. The molecular weight excluding hydrogens is 250 g/mol. The van der Waals surface area contributed by atoms with E-state index in [-0.39, 0.29) is 12.1 Å². The number of nitrogens with one attached hydrogen (secondary N) is 1. The van der Waals surface area contributed by atoms with Crippen LogP contribution in [0.2, 0.25) is 5.02 Å². The highest BCUT2D eigenvalue weighted by Crippen LogP contribution is 2.27. The van der Waals surface area contributed by atoms with E-state index in [4.69, 9.17) is 23.1 Å². The van der Waals surface area contributed by atoms with Gasteiger partial charge in [-0.3, -0.25) is 4.79 Å². The number of hydrogen-bond donors (Lipinski definition) is 3. The van der Waals surface area contributed by atoms with Crippen LogP contribution < -0.4 is 16.8 Å². The number of halogens is 1. The first-order chi connectivity index (χ1) is 8.58. The van der Waals surface area contributed by atoms with Gasteiger partial charge in [-0.1, -0.05) is 24.4 Å². The predicted molar refractivity (Wildman–Crippen MR) is 73.8 cm³/mol. The van der Waals surface area contributed by atoms with Crippen molar-refractivity contribution >= 4 is 23.2 Å². The van der Waals surface area contributed by atoms with Crippen LogP contribution in [0, 0.1) is 0 Å². The third-order valence-corrected chi connectivity index (χ3v) is 3.73. The van der Waals surface area contributed by atoms with Crippen molar-refractivity contribution < 1.29 is 4.79 Å². The predicted octanol–water partition coefficient (Wildman–Crippen LogP) is 2.12. The Morgan fingerprint density at radius 2 is 2.06 bits per heavy atom. The minimum Gasteiger partial charge on any atom is -0.380 e. The van der Waals surface area contributed by atoms with Gasteiger partial charge in [-0.25, -0.2) is 0 Å². The smallest absolute Gasteiger partial charge is 0.248 e. The lowest BCUT2D eigenvalue weighted by molar-refractivity contribution is 0.100. The molecule has 1 aliphatic carbocycles. The first-order valence-electron chi connectivity index (χ1n) is 6.19. The fraction of sp³-hybridized carbons (Fsp3) is 0.462. The van der Waals surface area contributed by atoms with Gasteiger partial charge in [0.2, 0.25) is 5.91 Å². The quantitative estimate of drug-likeness (QED) is 0.785. The monoisotopic (exact) mass is 267 g/mol. The summed E-state index contributed by atoms with van der Waals surface area (Å²) in [6.07, 6.45) is 4.46. The normalized spacial score (nSPS) is 23.7. The Morgan fingerprint density at radius 1 is 1.33 bits per heavy atom. The fourth-order valence-corrected chi connectivity index (χ4v) is 2.56. The Morgan fingerprint density at radius 3 is 2.67 bits per heavy atom. The summed E-state index contributed by atoms with van der Waals surface area (Å²) in [5, 5.41) is 3.86. The number of amides is 1. The van der Waals surface area contributed by atoms with Gasteiger partial charge >= 0.3 is 0 Å². The summed E-state index contributed by atoms with van der Waals surface area (Å²) in [7, 11) is 0. The summed E-state index contributed by atoms with van der Waals surface area (Å²) in [5.74, 6) is -0.474. The minimum atomic E-state index is -0.474. The summed E-state index contributed by atoms with van der Waals surface area (Å²) >= 11 is 6.13. The van der Waals surface area contributed by atoms with Gasteiger partial charge in [0.05, 0.1) is 10.7 Å². The van der Waals surface area contributed by atoms with Crippen LogP contribution in [0.25, 0.3) is 0 Å². The van der Waals surface area contributed by atoms with Crippen LogP contribution >= 0.6 is 11.6 Å². The van der Waals surface area contributed by atoms with Crippen molar-refractivity contribution in [2.75, 3.05) is 5.32 Å². The summed E-state index contributed by atoms with van der Waals surface area (Å²) in [6, 6.07) is 5.44. The molecule has 0 aliphatic heterocycles. The van der Waals surface area contributed by atoms with Gasteiger partial charge in [0.1, 0.15) is 0 Å². The van der Waals surface area contributed by atoms with Gasteiger partial charge in [0.15, 0.2) is 0 Å². The lowest BCUT2D eigenvalue weighted by Crippen LogP contribution is -2.42.